The molecule has 1 aliphatic rings. The highest BCUT2D eigenvalue weighted by Crippen LogP contribution is 2.25. The summed E-state index contributed by atoms with van der Waals surface area (Å²) < 4.78 is 1.77. The molecule has 0 amide bonds. The van der Waals surface area contributed by atoms with Crippen LogP contribution in [0.15, 0.2) is 24.4 Å². The molecule has 0 saturated heterocycles. The number of rotatable bonds is 5. The first-order chi connectivity index (χ1) is 10.6. The number of halogens is 2. The highest BCUT2D eigenvalue weighted by atomic mass is 35.5. The molecule has 0 radical (unpaired) electrons. The second-order valence-corrected chi connectivity index (χ2v) is 6.09. The Morgan fingerprint density at radius 2 is 2.04 bits per heavy atom. The predicted octanol–water partition coefficient (Wildman–Crippen LogP) is 2.00. The van der Waals surface area contributed by atoms with Gasteiger partial charge in [-0.05, 0) is 45.7 Å². The van der Waals surface area contributed by atoms with E-state index in [0.717, 1.165) is 49.9 Å². The van der Waals surface area contributed by atoms with Gasteiger partial charge in [-0.2, -0.15) is 9.78 Å². The molecule has 3 heterocycles. The fraction of sp³-hybridized carbons (Fsp3) is 0.500. The van der Waals surface area contributed by atoms with Gasteiger partial charge in [0.2, 0.25) is 0 Å². The number of aromatic nitrogens is 3. The minimum Gasteiger partial charge on any atom is -0.383 e. The van der Waals surface area contributed by atoms with Crippen LogP contribution in [0.3, 0.4) is 0 Å². The van der Waals surface area contributed by atoms with Gasteiger partial charge in [0, 0.05) is 31.3 Å². The summed E-state index contributed by atoms with van der Waals surface area (Å²) in [5, 5.41) is 4.66. The van der Waals surface area contributed by atoms with Crippen LogP contribution in [0, 0.1) is 0 Å². The van der Waals surface area contributed by atoms with E-state index in [-0.39, 0.29) is 24.8 Å². The van der Waals surface area contributed by atoms with Crippen LogP contribution >= 0.6 is 24.8 Å². The molecule has 6 nitrogen and oxygen atoms in total. The minimum atomic E-state index is 0. The number of nitrogens with zero attached hydrogens (tertiary/aromatic N) is 5. The molecule has 0 fully saturated rings. The Morgan fingerprint density at radius 1 is 1.25 bits per heavy atom. The minimum absolute atomic E-state index is 0. The van der Waals surface area contributed by atoms with Gasteiger partial charge in [0.15, 0.2) is 5.82 Å². The van der Waals surface area contributed by atoms with Gasteiger partial charge in [0.05, 0.1) is 5.69 Å². The summed E-state index contributed by atoms with van der Waals surface area (Å²) in [6, 6.07) is 5.79. The molecule has 2 aromatic heterocycles. The maximum Gasteiger partial charge on any atom is 0.155 e. The molecule has 0 unspecified atom stereocenters. The fourth-order valence-electron chi connectivity index (χ4n) is 2.91. The zero-order chi connectivity index (χ0) is 15.5. The summed E-state index contributed by atoms with van der Waals surface area (Å²) in [4.78, 5) is 9.03. The lowest BCUT2D eigenvalue weighted by Crippen LogP contribution is -2.32. The van der Waals surface area contributed by atoms with E-state index in [2.05, 4.69) is 34.0 Å². The van der Waals surface area contributed by atoms with Crippen molar-refractivity contribution in [1.29, 1.82) is 0 Å². The smallest absolute Gasteiger partial charge is 0.155 e. The number of hydrogen-bond donors (Lipinski definition) is 1. The van der Waals surface area contributed by atoms with E-state index >= 15 is 0 Å². The summed E-state index contributed by atoms with van der Waals surface area (Å²) in [6.07, 6.45) is 3.90. The number of fused-ring (bicyclic) bond motifs is 1. The molecular weight excluding hydrogens is 347 g/mol. The van der Waals surface area contributed by atoms with Crippen LogP contribution in [0.25, 0.3) is 5.82 Å². The standard InChI is InChI=1S/C16H24N6.2ClH/c1-20(2)9-5-10-21-11-7-14-13(12-21)16(17)22(19-14)15-6-3-4-8-18-15;;/h3-4,6,8H,5,7,9-12,17H2,1-2H3;2*1H. The Bertz CT molecular complexity index is 629. The van der Waals surface area contributed by atoms with Crippen molar-refractivity contribution in [3.63, 3.8) is 0 Å². The van der Waals surface area contributed by atoms with E-state index in [1.54, 1.807) is 10.9 Å². The fourth-order valence-corrected chi connectivity index (χ4v) is 2.91. The lowest BCUT2D eigenvalue weighted by molar-refractivity contribution is 0.238. The summed E-state index contributed by atoms with van der Waals surface area (Å²) in [5.41, 5.74) is 8.61. The average Bonchev–Trinajstić information content (AvgIpc) is 2.85. The first kappa shape index (κ1) is 20.7. The van der Waals surface area contributed by atoms with Gasteiger partial charge < -0.3 is 10.6 Å². The predicted molar refractivity (Wildman–Crippen MR) is 102 cm³/mol. The summed E-state index contributed by atoms with van der Waals surface area (Å²) in [5.74, 6) is 1.51. The second kappa shape index (κ2) is 9.22. The first-order valence-electron chi connectivity index (χ1n) is 7.80. The summed E-state index contributed by atoms with van der Waals surface area (Å²) in [7, 11) is 4.23. The molecule has 0 aromatic carbocycles. The molecule has 2 N–H and O–H groups in total. The summed E-state index contributed by atoms with van der Waals surface area (Å²) in [6.45, 7) is 4.17. The zero-order valence-electron chi connectivity index (χ0n) is 14.2. The van der Waals surface area contributed by atoms with Gasteiger partial charge >= 0.3 is 0 Å². The summed E-state index contributed by atoms with van der Waals surface area (Å²) >= 11 is 0. The topological polar surface area (TPSA) is 63.2 Å². The Labute approximate surface area is 155 Å². The van der Waals surface area contributed by atoms with Crippen LogP contribution in [0.5, 0.6) is 0 Å². The molecular formula is C16H26Cl2N6. The van der Waals surface area contributed by atoms with E-state index in [9.17, 15) is 0 Å². The third kappa shape index (κ3) is 4.60. The van der Waals surface area contributed by atoms with Crippen molar-refractivity contribution in [2.24, 2.45) is 0 Å². The lowest BCUT2D eigenvalue weighted by Gasteiger charge is -2.26. The van der Waals surface area contributed by atoms with Gasteiger partial charge in [-0.15, -0.1) is 24.8 Å². The van der Waals surface area contributed by atoms with Crippen LogP contribution in [-0.2, 0) is 13.0 Å². The maximum absolute atomic E-state index is 6.32. The van der Waals surface area contributed by atoms with Gasteiger partial charge in [-0.25, -0.2) is 4.98 Å². The van der Waals surface area contributed by atoms with Gasteiger partial charge in [-0.3, -0.25) is 4.90 Å². The largest absolute Gasteiger partial charge is 0.383 e. The molecule has 8 heteroatoms. The van der Waals surface area contributed by atoms with Crippen LogP contribution in [-0.4, -0.2) is 58.3 Å². The van der Waals surface area contributed by atoms with E-state index in [0.29, 0.717) is 0 Å². The van der Waals surface area contributed by atoms with Crippen molar-refractivity contribution in [2.45, 2.75) is 19.4 Å². The first-order valence-corrected chi connectivity index (χ1v) is 7.80. The Kier molecular flexibility index (Phi) is 7.96. The van der Waals surface area contributed by atoms with E-state index in [1.165, 1.54) is 12.0 Å². The van der Waals surface area contributed by atoms with Crippen molar-refractivity contribution in [3.8, 4) is 5.82 Å². The molecule has 0 atom stereocenters. The molecule has 24 heavy (non-hydrogen) atoms. The molecule has 0 spiro atoms. The third-order valence-corrected chi connectivity index (χ3v) is 4.10. The molecule has 2 aromatic rings. The Balaban J connectivity index is 0.00000144. The molecule has 0 aliphatic carbocycles. The maximum atomic E-state index is 6.32. The number of anilines is 1. The second-order valence-electron chi connectivity index (χ2n) is 6.09. The Morgan fingerprint density at radius 3 is 2.71 bits per heavy atom. The van der Waals surface area contributed by atoms with Crippen LogP contribution < -0.4 is 5.73 Å². The normalized spacial score (nSPS) is 14.0. The molecule has 0 bridgehead atoms. The lowest BCUT2D eigenvalue weighted by atomic mass is 10.1. The Hall–Kier alpha value is -1.34. The number of pyridine rings is 1. The zero-order valence-corrected chi connectivity index (χ0v) is 15.8. The third-order valence-electron chi connectivity index (χ3n) is 4.10. The number of nitrogen functional groups attached to an aromatic ring is 1. The van der Waals surface area contributed by atoms with Gasteiger partial charge in [0.25, 0.3) is 0 Å². The quantitative estimate of drug-likeness (QED) is 0.869. The monoisotopic (exact) mass is 372 g/mol. The molecule has 0 saturated carbocycles. The highest BCUT2D eigenvalue weighted by Gasteiger charge is 2.23. The molecule has 3 rings (SSSR count). The van der Waals surface area contributed by atoms with E-state index in [1.807, 2.05) is 18.2 Å². The molecule has 1 aliphatic heterocycles. The number of nitrogens with two attached hydrogens (primary N) is 1. The molecule has 134 valence electrons. The van der Waals surface area contributed by atoms with Gasteiger partial charge in [0.1, 0.15) is 5.82 Å². The van der Waals surface area contributed by atoms with E-state index in [4.69, 9.17) is 5.73 Å². The van der Waals surface area contributed by atoms with Crippen molar-refractivity contribution < 1.29 is 0 Å². The van der Waals surface area contributed by atoms with Crippen LogP contribution in [0.2, 0.25) is 0 Å². The van der Waals surface area contributed by atoms with Crippen molar-refractivity contribution >= 4 is 30.6 Å². The van der Waals surface area contributed by atoms with Crippen molar-refractivity contribution in [2.75, 3.05) is 39.5 Å². The number of hydrogen-bond acceptors (Lipinski definition) is 5. The van der Waals surface area contributed by atoms with Gasteiger partial charge in [-0.1, -0.05) is 6.07 Å². The van der Waals surface area contributed by atoms with Crippen molar-refractivity contribution in [3.05, 3.63) is 35.7 Å². The average molecular weight is 373 g/mol. The van der Waals surface area contributed by atoms with Crippen LogP contribution in [0.1, 0.15) is 17.7 Å². The van der Waals surface area contributed by atoms with E-state index < -0.39 is 0 Å². The highest BCUT2D eigenvalue weighted by molar-refractivity contribution is 5.85. The van der Waals surface area contributed by atoms with Crippen molar-refractivity contribution in [1.82, 2.24) is 24.6 Å². The SMILES string of the molecule is CN(C)CCCN1CCc2nn(-c3ccccn3)c(N)c2C1.Cl.Cl. The van der Waals surface area contributed by atoms with Crippen LogP contribution in [0.4, 0.5) is 5.82 Å².